The Morgan fingerprint density at radius 1 is 0.897 bits per heavy atom. The molecule has 0 aliphatic heterocycles. The lowest BCUT2D eigenvalue weighted by molar-refractivity contribution is -0.115. The smallest absolute Gasteiger partial charge is 0.228 e. The Labute approximate surface area is 226 Å². The molecule has 3 N–H and O–H groups in total. The number of carbonyl (C=O) groups is 1. The second-order valence-electron chi connectivity index (χ2n) is 9.12. The van der Waals surface area contributed by atoms with Crippen molar-refractivity contribution in [1.82, 2.24) is 30.1 Å². The van der Waals surface area contributed by atoms with Gasteiger partial charge in [-0.1, -0.05) is 42.5 Å². The van der Waals surface area contributed by atoms with Crippen LogP contribution in [0, 0.1) is 0 Å². The van der Waals surface area contributed by atoms with E-state index in [1.165, 1.54) is 0 Å². The van der Waals surface area contributed by atoms with Crippen molar-refractivity contribution in [2.75, 3.05) is 5.32 Å². The van der Waals surface area contributed by atoms with Crippen molar-refractivity contribution in [3.63, 3.8) is 0 Å². The number of carbonyl (C=O) groups excluding carboxylic acids is 1. The summed E-state index contributed by atoms with van der Waals surface area (Å²) in [5.41, 5.74) is 7.62. The van der Waals surface area contributed by atoms with Crippen LogP contribution in [0.2, 0.25) is 0 Å². The summed E-state index contributed by atoms with van der Waals surface area (Å²) in [7, 11) is 0. The average molecular weight is 528 g/mol. The highest BCUT2D eigenvalue weighted by molar-refractivity contribution is 7.13. The predicted octanol–water partition coefficient (Wildman–Crippen LogP) is 6.47. The van der Waals surface area contributed by atoms with E-state index >= 15 is 0 Å². The Hall–Kier alpha value is -5.15. The molecule has 9 heteroatoms. The third-order valence-electron chi connectivity index (χ3n) is 6.51. The number of anilines is 1. The molecule has 5 aromatic heterocycles. The highest BCUT2D eigenvalue weighted by atomic mass is 32.1. The summed E-state index contributed by atoms with van der Waals surface area (Å²) in [5, 5.41) is 13.6. The Balaban J connectivity index is 1.21. The number of rotatable bonds is 6. The number of fused-ring (bicyclic) bond motifs is 2. The molecule has 1 amide bonds. The van der Waals surface area contributed by atoms with Crippen molar-refractivity contribution < 1.29 is 4.79 Å². The van der Waals surface area contributed by atoms with Crippen LogP contribution in [-0.4, -0.2) is 36.0 Å². The summed E-state index contributed by atoms with van der Waals surface area (Å²) in [6.07, 6.45) is 5.53. The van der Waals surface area contributed by atoms with E-state index in [9.17, 15) is 4.79 Å². The molecule has 7 aromatic rings. The van der Waals surface area contributed by atoms with Crippen molar-refractivity contribution in [1.29, 1.82) is 0 Å². The average Bonchev–Trinajstić information content (AvgIpc) is 3.73. The molecule has 7 rings (SSSR count). The number of aromatic amines is 2. The van der Waals surface area contributed by atoms with E-state index in [0.29, 0.717) is 17.9 Å². The molecule has 5 heterocycles. The van der Waals surface area contributed by atoms with Crippen LogP contribution in [0.15, 0.2) is 96.8 Å². The second kappa shape index (κ2) is 9.62. The van der Waals surface area contributed by atoms with E-state index in [0.717, 1.165) is 54.9 Å². The SMILES string of the molecule is O=C(Cc1ccccc1)Nc1cncc(-c2ccc3[nH]nc(-c4nc5c(-c6cccs6)nccc5[nH]4)c3c2)c1. The maximum absolute atomic E-state index is 12.6. The van der Waals surface area contributed by atoms with Crippen LogP contribution in [-0.2, 0) is 11.2 Å². The van der Waals surface area contributed by atoms with Crippen LogP contribution >= 0.6 is 11.3 Å². The second-order valence-corrected chi connectivity index (χ2v) is 10.1. The predicted molar refractivity (Wildman–Crippen MR) is 154 cm³/mol. The van der Waals surface area contributed by atoms with Gasteiger partial charge >= 0.3 is 0 Å². The summed E-state index contributed by atoms with van der Waals surface area (Å²) in [6.45, 7) is 0. The highest BCUT2D eigenvalue weighted by Crippen LogP contribution is 2.33. The molecule has 0 fully saturated rings. The largest absolute Gasteiger partial charge is 0.336 e. The number of thiophene rings is 1. The zero-order chi connectivity index (χ0) is 26.2. The van der Waals surface area contributed by atoms with Gasteiger partial charge in [-0.25, -0.2) is 4.98 Å². The van der Waals surface area contributed by atoms with Crippen molar-refractivity contribution >= 4 is 44.9 Å². The standard InChI is InChI=1S/C30H21N7OS/c38-26(13-18-5-2-1-3-6-18)33-21-14-20(16-31-17-21)19-8-9-23-22(15-19)27(37-36-23)30-34-24-10-11-32-29(28(24)35-30)25-7-4-12-39-25/h1-12,14-17H,13H2,(H,33,38)(H,34,35)(H,36,37). The molecule has 2 aromatic carbocycles. The molecule has 0 aliphatic rings. The van der Waals surface area contributed by atoms with Gasteiger partial charge in [0.2, 0.25) is 5.91 Å². The maximum Gasteiger partial charge on any atom is 0.228 e. The number of aromatic nitrogens is 6. The van der Waals surface area contributed by atoms with Crippen molar-refractivity contribution in [3.05, 3.63) is 102 Å². The fourth-order valence-corrected chi connectivity index (χ4v) is 5.39. The summed E-state index contributed by atoms with van der Waals surface area (Å²) in [4.78, 5) is 30.9. The number of imidazole rings is 1. The van der Waals surface area contributed by atoms with Gasteiger partial charge in [0.15, 0.2) is 5.82 Å². The summed E-state index contributed by atoms with van der Waals surface area (Å²) in [5.74, 6) is 0.577. The molecule has 188 valence electrons. The number of pyridine rings is 2. The molecule has 0 saturated heterocycles. The molecule has 0 unspecified atom stereocenters. The van der Waals surface area contributed by atoms with Crippen LogP contribution in [0.5, 0.6) is 0 Å². The van der Waals surface area contributed by atoms with E-state index < -0.39 is 0 Å². The lowest BCUT2D eigenvalue weighted by Gasteiger charge is -2.08. The van der Waals surface area contributed by atoms with Crippen LogP contribution < -0.4 is 5.32 Å². The monoisotopic (exact) mass is 527 g/mol. The highest BCUT2D eigenvalue weighted by Gasteiger charge is 2.17. The molecule has 0 aliphatic carbocycles. The summed E-state index contributed by atoms with van der Waals surface area (Å²) in [6, 6.07) is 23.6. The molecule has 0 spiro atoms. The van der Waals surface area contributed by atoms with E-state index in [1.54, 1.807) is 29.9 Å². The van der Waals surface area contributed by atoms with Gasteiger partial charge in [0.1, 0.15) is 16.9 Å². The van der Waals surface area contributed by atoms with Gasteiger partial charge in [0.05, 0.1) is 34.2 Å². The minimum atomic E-state index is -0.0889. The van der Waals surface area contributed by atoms with E-state index in [4.69, 9.17) is 4.98 Å². The fraction of sp³-hybridized carbons (Fsp3) is 0.0333. The molecule has 0 radical (unpaired) electrons. The lowest BCUT2D eigenvalue weighted by atomic mass is 10.0. The molecular formula is C30H21N7OS. The van der Waals surface area contributed by atoms with E-state index in [2.05, 4.69) is 36.5 Å². The van der Waals surface area contributed by atoms with Gasteiger partial charge in [-0.2, -0.15) is 5.10 Å². The van der Waals surface area contributed by atoms with Crippen LogP contribution in [0.3, 0.4) is 0 Å². The molecule has 0 bridgehead atoms. The molecule has 0 atom stereocenters. The number of amides is 1. The van der Waals surface area contributed by atoms with Crippen LogP contribution in [0.4, 0.5) is 5.69 Å². The van der Waals surface area contributed by atoms with Gasteiger partial charge in [0.25, 0.3) is 0 Å². The number of hydrogen-bond acceptors (Lipinski definition) is 6. The Morgan fingerprint density at radius 3 is 2.69 bits per heavy atom. The third-order valence-corrected chi connectivity index (χ3v) is 7.38. The molecule has 8 nitrogen and oxygen atoms in total. The van der Waals surface area contributed by atoms with Crippen LogP contribution in [0.1, 0.15) is 5.56 Å². The normalized spacial score (nSPS) is 11.3. The number of H-pyrrole nitrogens is 2. The number of nitrogens with one attached hydrogen (secondary N) is 3. The van der Waals surface area contributed by atoms with Gasteiger partial charge < -0.3 is 10.3 Å². The number of nitrogens with zero attached hydrogens (tertiary/aromatic N) is 4. The topological polar surface area (TPSA) is 112 Å². The molecule has 39 heavy (non-hydrogen) atoms. The summed E-state index contributed by atoms with van der Waals surface area (Å²) >= 11 is 1.63. The first-order valence-electron chi connectivity index (χ1n) is 12.4. The Kier molecular flexibility index (Phi) is 5.68. The number of benzene rings is 2. The van der Waals surface area contributed by atoms with E-state index in [1.807, 2.05) is 72.1 Å². The van der Waals surface area contributed by atoms with Gasteiger partial charge in [-0.05, 0) is 46.8 Å². The van der Waals surface area contributed by atoms with Crippen LogP contribution in [0.25, 0.3) is 55.2 Å². The Morgan fingerprint density at radius 2 is 1.82 bits per heavy atom. The Bertz CT molecular complexity index is 1940. The first kappa shape index (κ1) is 23.0. The fourth-order valence-electron chi connectivity index (χ4n) is 4.67. The number of hydrogen-bond donors (Lipinski definition) is 3. The zero-order valence-electron chi connectivity index (χ0n) is 20.6. The minimum absolute atomic E-state index is 0.0889. The van der Waals surface area contributed by atoms with Crippen molar-refractivity contribution in [2.45, 2.75) is 6.42 Å². The summed E-state index contributed by atoms with van der Waals surface area (Å²) < 4.78 is 0. The zero-order valence-corrected chi connectivity index (χ0v) is 21.4. The van der Waals surface area contributed by atoms with E-state index in [-0.39, 0.29) is 5.91 Å². The lowest BCUT2D eigenvalue weighted by Crippen LogP contribution is -2.14. The molecular weight excluding hydrogens is 506 g/mol. The first-order chi connectivity index (χ1) is 19.2. The van der Waals surface area contributed by atoms with Crippen molar-refractivity contribution in [2.24, 2.45) is 0 Å². The third kappa shape index (κ3) is 4.45. The first-order valence-corrected chi connectivity index (χ1v) is 13.3. The van der Waals surface area contributed by atoms with Gasteiger partial charge in [-0.3, -0.25) is 19.9 Å². The molecule has 0 saturated carbocycles. The maximum atomic E-state index is 12.6. The quantitative estimate of drug-likeness (QED) is 0.229. The van der Waals surface area contributed by atoms with Gasteiger partial charge in [0, 0.05) is 23.3 Å². The van der Waals surface area contributed by atoms with Crippen molar-refractivity contribution in [3.8, 4) is 33.2 Å². The minimum Gasteiger partial charge on any atom is -0.336 e. The van der Waals surface area contributed by atoms with Gasteiger partial charge in [-0.15, -0.1) is 11.3 Å².